The lowest BCUT2D eigenvalue weighted by Crippen LogP contribution is -2.27. The molecule has 0 amide bonds. The van der Waals surface area contributed by atoms with E-state index in [1.807, 2.05) is 0 Å². The molecule has 0 rings (SSSR count). The summed E-state index contributed by atoms with van der Waals surface area (Å²) in [6.07, 6.45) is 2.28. The molecule has 0 aliphatic heterocycles. The maximum Gasteiger partial charge on any atom is 0.0248 e. The zero-order valence-electron chi connectivity index (χ0n) is 7.41. The van der Waals surface area contributed by atoms with Crippen LogP contribution < -0.4 is 5.32 Å². The van der Waals surface area contributed by atoms with E-state index in [4.69, 9.17) is 0 Å². The van der Waals surface area contributed by atoms with Gasteiger partial charge in [0.05, 0.1) is 0 Å². The van der Waals surface area contributed by atoms with Crippen molar-refractivity contribution in [1.29, 1.82) is 0 Å². The minimum Gasteiger partial charge on any atom is -0.311 e. The normalized spacial score (nSPS) is 13.1. The summed E-state index contributed by atoms with van der Waals surface area (Å²) in [6, 6.07) is 0.491. The van der Waals surface area contributed by atoms with Crippen molar-refractivity contribution >= 4 is 0 Å². The molecule has 0 saturated heterocycles. The molecule has 1 N–H and O–H groups in total. The van der Waals surface area contributed by atoms with Crippen molar-refractivity contribution in [2.45, 2.75) is 39.7 Å². The molecule has 0 bridgehead atoms. The number of nitrogens with one attached hydrogen (secondary N) is 1. The van der Waals surface area contributed by atoms with E-state index in [1.165, 1.54) is 12.0 Å². The molecule has 0 radical (unpaired) electrons. The summed E-state index contributed by atoms with van der Waals surface area (Å²) in [5.74, 6) is 0. The van der Waals surface area contributed by atoms with Gasteiger partial charge in [0, 0.05) is 6.04 Å². The second-order valence-electron chi connectivity index (χ2n) is 2.69. The molecule has 0 aromatic rings. The standard InChI is InChI=1S/C9H19N/c1-5-7-10-9(4)8(3)6-2/h9-10H,3,5-7H2,1-2,4H3. The Morgan fingerprint density at radius 2 is 2.10 bits per heavy atom. The van der Waals surface area contributed by atoms with Crippen molar-refractivity contribution in [3.63, 3.8) is 0 Å². The monoisotopic (exact) mass is 141 g/mol. The zero-order chi connectivity index (χ0) is 7.98. The minimum atomic E-state index is 0.491. The van der Waals surface area contributed by atoms with Crippen LogP contribution >= 0.6 is 0 Å². The largest absolute Gasteiger partial charge is 0.311 e. The first-order valence-corrected chi connectivity index (χ1v) is 4.13. The SMILES string of the molecule is C=C(CC)C(C)NCCC. The van der Waals surface area contributed by atoms with E-state index in [0.717, 1.165) is 13.0 Å². The molecule has 0 fully saturated rings. The molecular formula is C9H19N. The fraction of sp³-hybridized carbons (Fsp3) is 0.778. The van der Waals surface area contributed by atoms with Gasteiger partial charge in [0.15, 0.2) is 0 Å². The molecule has 0 aliphatic rings. The van der Waals surface area contributed by atoms with Gasteiger partial charge in [-0.2, -0.15) is 0 Å². The van der Waals surface area contributed by atoms with Crippen LogP contribution in [-0.4, -0.2) is 12.6 Å². The smallest absolute Gasteiger partial charge is 0.0248 e. The summed E-state index contributed by atoms with van der Waals surface area (Å²) < 4.78 is 0. The summed E-state index contributed by atoms with van der Waals surface area (Å²) in [5.41, 5.74) is 1.30. The molecule has 1 nitrogen and oxygen atoms in total. The quantitative estimate of drug-likeness (QED) is 0.579. The van der Waals surface area contributed by atoms with E-state index in [0.29, 0.717) is 6.04 Å². The Morgan fingerprint density at radius 1 is 1.50 bits per heavy atom. The topological polar surface area (TPSA) is 12.0 Å². The van der Waals surface area contributed by atoms with Crippen molar-refractivity contribution in [3.05, 3.63) is 12.2 Å². The molecule has 0 heterocycles. The number of rotatable bonds is 5. The van der Waals surface area contributed by atoms with Gasteiger partial charge in [-0.05, 0) is 26.3 Å². The maximum atomic E-state index is 3.96. The van der Waals surface area contributed by atoms with E-state index in [1.54, 1.807) is 0 Å². The predicted molar refractivity (Wildman–Crippen MR) is 47.2 cm³/mol. The van der Waals surface area contributed by atoms with Gasteiger partial charge in [-0.3, -0.25) is 0 Å². The van der Waals surface area contributed by atoms with Crippen LogP contribution in [0.4, 0.5) is 0 Å². The summed E-state index contributed by atoms with van der Waals surface area (Å²) in [7, 11) is 0. The fourth-order valence-corrected chi connectivity index (χ4v) is 0.811. The molecule has 0 aromatic heterocycles. The van der Waals surface area contributed by atoms with Gasteiger partial charge in [0.2, 0.25) is 0 Å². The summed E-state index contributed by atoms with van der Waals surface area (Å²) in [5, 5.41) is 3.38. The summed E-state index contributed by atoms with van der Waals surface area (Å²) in [4.78, 5) is 0. The Balaban J connectivity index is 3.41. The lowest BCUT2D eigenvalue weighted by atomic mass is 10.1. The van der Waals surface area contributed by atoms with E-state index in [2.05, 4.69) is 32.7 Å². The van der Waals surface area contributed by atoms with E-state index in [-0.39, 0.29) is 0 Å². The van der Waals surface area contributed by atoms with Crippen molar-refractivity contribution in [2.24, 2.45) is 0 Å². The molecule has 1 unspecified atom stereocenters. The Hall–Kier alpha value is -0.300. The first-order chi connectivity index (χ1) is 4.72. The second-order valence-corrected chi connectivity index (χ2v) is 2.69. The molecule has 0 aliphatic carbocycles. The van der Waals surface area contributed by atoms with Crippen LogP contribution in [0.5, 0.6) is 0 Å². The average molecular weight is 141 g/mol. The van der Waals surface area contributed by atoms with Gasteiger partial charge in [-0.1, -0.05) is 26.0 Å². The van der Waals surface area contributed by atoms with Gasteiger partial charge >= 0.3 is 0 Å². The lowest BCUT2D eigenvalue weighted by molar-refractivity contribution is 0.592. The van der Waals surface area contributed by atoms with Crippen LogP contribution in [0.15, 0.2) is 12.2 Å². The highest BCUT2D eigenvalue weighted by molar-refractivity contribution is 5.02. The van der Waals surface area contributed by atoms with Gasteiger partial charge in [0.25, 0.3) is 0 Å². The van der Waals surface area contributed by atoms with Crippen LogP contribution in [0, 0.1) is 0 Å². The van der Waals surface area contributed by atoms with E-state index in [9.17, 15) is 0 Å². The molecule has 10 heavy (non-hydrogen) atoms. The van der Waals surface area contributed by atoms with Crippen LogP contribution in [0.25, 0.3) is 0 Å². The van der Waals surface area contributed by atoms with Gasteiger partial charge < -0.3 is 5.32 Å². The molecule has 1 heteroatoms. The molecule has 0 spiro atoms. The number of hydrogen-bond donors (Lipinski definition) is 1. The molecule has 0 aromatic carbocycles. The summed E-state index contributed by atoms with van der Waals surface area (Å²) in [6.45, 7) is 11.5. The zero-order valence-corrected chi connectivity index (χ0v) is 7.41. The maximum absolute atomic E-state index is 3.96. The fourth-order valence-electron chi connectivity index (χ4n) is 0.811. The molecule has 60 valence electrons. The van der Waals surface area contributed by atoms with Gasteiger partial charge in [-0.25, -0.2) is 0 Å². The van der Waals surface area contributed by atoms with Crippen LogP contribution in [-0.2, 0) is 0 Å². The van der Waals surface area contributed by atoms with Gasteiger partial charge in [0.1, 0.15) is 0 Å². The Kier molecular flexibility index (Phi) is 5.32. The Morgan fingerprint density at radius 3 is 2.50 bits per heavy atom. The van der Waals surface area contributed by atoms with Crippen LogP contribution in [0.1, 0.15) is 33.6 Å². The highest BCUT2D eigenvalue weighted by Crippen LogP contribution is 2.02. The highest BCUT2D eigenvalue weighted by Gasteiger charge is 2.00. The predicted octanol–water partition coefficient (Wildman–Crippen LogP) is 2.34. The minimum absolute atomic E-state index is 0.491. The second kappa shape index (κ2) is 5.48. The van der Waals surface area contributed by atoms with Crippen LogP contribution in [0.2, 0.25) is 0 Å². The third-order valence-electron chi connectivity index (χ3n) is 1.77. The molecule has 1 atom stereocenters. The molecule has 0 saturated carbocycles. The Labute approximate surface area is 64.5 Å². The highest BCUT2D eigenvalue weighted by atomic mass is 14.9. The average Bonchev–Trinajstić information content (AvgIpc) is 1.98. The van der Waals surface area contributed by atoms with Crippen molar-refractivity contribution < 1.29 is 0 Å². The van der Waals surface area contributed by atoms with E-state index >= 15 is 0 Å². The summed E-state index contributed by atoms with van der Waals surface area (Å²) >= 11 is 0. The van der Waals surface area contributed by atoms with Crippen molar-refractivity contribution in [2.75, 3.05) is 6.54 Å². The third-order valence-corrected chi connectivity index (χ3v) is 1.77. The molecular weight excluding hydrogens is 122 g/mol. The first-order valence-electron chi connectivity index (χ1n) is 4.13. The first kappa shape index (κ1) is 9.70. The van der Waals surface area contributed by atoms with Crippen molar-refractivity contribution in [1.82, 2.24) is 5.32 Å². The Bertz CT molecular complexity index is 96.9. The number of hydrogen-bond acceptors (Lipinski definition) is 1. The van der Waals surface area contributed by atoms with E-state index < -0.39 is 0 Å². The lowest BCUT2D eigenvalue weighted by Gasteiger charge is -2.14. The van der Waals surface area contributed by atoms with Crippen molar-refractivity contribution in [3.8, 4) is 0 Å². The third kappa shape index (κ3) is 3.67. The van der Waals surface area contributed by atoms with Gasteiger partial charge in [-0.15, -0.1) is 0 Å². The van der Waals surface area contributed by atoms with Crippen LogP contribution in [0.3, 0.4) is 0 Å².